The molecule has 0 aliphatic rings. The summed E-state index contributed by atoms with van der Waals surface area (Å²) in [5.74, 6) is 0.165. The molecule has 9 nitrogen and oxygen atoms in total. The van der Waals surface area contributed by atoms with E-state index < -0.39 is 11.8 Å². The summed E-state index contributed by atoms with van der Waals surface area (Å²) in [6.45, 7) is 0. The molecule has 0 saturated heterocycles. The van der Waals surface area contributed by atoms with Gasteiger partial charge in [0, 0.05) is 29.1 Å². The first kappa shape index (κ1) is 19.9. The summed E-state index contributed by atoms with van der Waals surface area (Å²) in [7, 11) is 3.13. The molecule has 0 unspecified atom stereocenters. The number of nitrogens with zero attached hydrogens (tertiary/aromatic N) is 3. The van der Waals surface area contributed by atoms with Crippen LogP contribution >= 0.6 is 0 Å². The first-order chi connectivity index (χ1) is 15.0. The number of carbonyl (C=O) groups excluding carboxylic acids is 2. The summed E-state index contributed by atoms with van der Waals surface area (Å²) in [6, 6.07) is 15.2. The molecular weight excluding hydrogens is 398 g/mol. The zero-order valence-electron chi connectivity index (χ0n) is 16.8. The predicted octanol–water partition coefficient (Wildman–Crippen LogP) is 2.76. The highest BCUT2D eigenvalue weighted by atomic mass is 16.5. The second kappa shape index (κ2) is 8.15. The lowest BCUT2D eigenvalue weighted by Crippen LogP contribution is -2.15. The van der Waals surface area contributed by atoms with Gasteiger partial charge in [-0.15, -0.1) is 0 Å². The van der Waals surface area contributed by atoms with Gasteiger partial charge in [0.25, 0.3) is 5.91 Å². The molecule has 0 aliphatic heterocycles. The van der Waals surface area contributed by atoms with Gasteiger partial charge >= 0.3 is 0 Å². The van der Waals surface area contributed by atoms with E-state index in [1.54, 1.807) is 61.3 Å². The van der Waals surface area contributed by atoms with Crippen molar-refractivity contribution in [3.05, 3.63) is 72.1 Å². The van der Waals surface area contributed by atoms with Crippen LogP contribution in [0.1, 0.15) is 20.8 Å². The average molecular weight is 417 g/mol. The van der Waals surface area contributed by atoms with Crippen LogP contribution in [0.3, 0.4) is 0 Å². The number of aromatic nitrogens is 3. The van der Waals surface area contributed by atoms with Gasteiger partial charge in [-0.3, -0.25) is 9.59 Å². The van der Waals surface area contributed by atoms with Crippen molar-refractivity contribution in [1.29, 1.82) is 0 Å². The normalized spacial score (nSPS) is 10.6. The van der Waals surface area contributed by atoms with Crippen LogP contribution in [0.25, 0.3) is 16.9 Å². The van der Waals surface area contributed by atoms with Crippen molar-refractivity contribution in [3.63, 3.8) is 0 Å². The number of hydrogen-bond donors (Lipinski definition) is 2. The van der Waals surface area contributed by atoms with Crippen LogP contribution in [-0.2, 0) is 0 Å². The van der Waals surface area contributed by atoms with Crippen LogP contribution in [0.4, 0.5) is 5.69 Å². The van der Waals surface area contributed by atoms with Gasteiger partial charge < -0.3 is 20.5 Å². The second-order valence-electron chi connectivity index (χ2n) is 6.60. The molecule has 0 radical (unpaired) electrons. The maximum atomic E-state index is 12.7. The minimum atomic E-state index is -0.576. The van der Waals surface area contributed by atoms with E-state index in [1.165, 1.54) is 6.07 Å². The SMILES string of the molecule is COc1ccc(-c2ccnc3cc(C(=O)Nc4cccc(C(N)=O)c4)nn23)cc1OC. The van der Waals surface area contributed by atoms with Crippen molar-refractivity contribution < 1.29 is 19.1 Å². The summed E-state index contributed by atoms with van der Waals surface area (Å²) in [5.41, 5.74) is 8.24. The number of anilines is 1. The van der Waals surface area contributed by atoms with Gasteiger partial charge in [-0.05, 0) is 42.5 Å². The Hall–Kier alpha value is -4.40. The predicted molar refractivity (Wildman–Crippen MR) is 114 cm³/mol. The topological polar surface area (TPSA) is 121 Å². The number of ether oxygens (including phenoxy) is 2. The number of benzene rings is 2. The van der Waals surface area contributed by atoms with Gasteiger partial charge in [0.1, 0.15) is 0 Å². The third-order valence-corrected chi connectivity index (χ3v) is 4.67. The molecule has 4 aromatic rings. The molecule has 31 heavy (non-hydrogen) atoms. The molecule has 0 spiro atoms. The fourth-order valence-electron chi connectivity index (χ4n) is 3.17. The smallest absolute Gasteiger partial charge is 0.276 e. The maximum Gasteiger partial charge on any atom is 0.276 e. The van der Waals surface area contributed by atoms with E-state index in [9.17, 15) is 9.59 Å². The van der Waals surface area contributed by atoms with Crippen LogP contribution in [0.15, 0.2) is 60.8 Å². The third-order valence-electron chi connectivity index (χ3n) is 4.67. The van der Waals surface area contributed by atoms with Crippen molar-refractivity contribution in [1.82, 2.24) is 14.6 Å². The lowest BCUT2D eigenvalue weighted by Gasteiger charge is -2.10. The second-order valence-corrected chi connectivity index (χ2v) is 6.60. The number of hydrogen-bond acceptors (Lipinski definition) is 6. The Kier molecular flexibility index (Phi) is 5.23. The molecule has 0 aliphatic carbocycles. The fourth-order valence-corrected chi connectivity index (χ4v) is 3.17. The van der Waals surface area contributed by atoms with Gasteiger partial charge in [0.05, 0.1) is 19.9 Å². The number of primary amides is 1. The summed E-state index contributed by atoms with van der Waals surface area (Å²) in [6.07, 6.45) is 1.64. The van der Waals surface area contributed by atoms with E-state index in [2.05, 4.69) is 15.4 Å². The number of nitrogens with one attached hydrogen (secondary N) is 1. The van der Waals surface area contributed by atoms with Crippen molar-refractivity contribution >= 4 is 23.1 Å². The average Bonchev–Trinajstić information content (AvgIpc) is 3.23. The van der Waals surface area contributed by atoms with E-state index in [-0.39, 0.29) is 5.69 Å². The van der Waals surface area contributed by atoms with E-state index in [1.807, 2.05) is 12.1 Å². The Balaban J connectivity index is 1.68. The molecule has 0 fully saturated rings. The number of methoxy groups -OCH3 is 2. The number of rotatable bonds is 6. The van der Waals surface area contributed by atoms with Crippen LogP contribution in [0.5, 0.6) is 11.5 Å². The number of nitrogens with two attached hydrogens (primary N) is 1. The van der Waals surface area contributed by atoms with Crippen molar-refractivity contribution in [2.24, 2.45) is 5.73 Å². The minimum Gasteiger partial charge on any atom is -0.493 e. The standard InChI is InChI=1S/C22H19N5O4/c1-30-18-7-6-13(11-19(18)31-2)17-8-9-24-20-12-16(26-27(17)20)22(29)25-15-5-3-4-14(10-15)21(23)28/h3-12H,1-2H3,(H2,23,28)(H,25,29). The molecule has 0 bridgehead atoms. The van der Waals surface area contributed by atoms with Crippen molar-refractivity contribution in [2.45, 2.75) is 0 Å². The maximum absolute atomic E-state index is 12.7. The van der Waals surface area contributed by atoms with Crippen LogP contribution in [0.2, 0.25) is 0 Å². The summed E-state index contributed by atoms with van der Waals surface area (Å²) < 4.78 is 12.2. The Morgan fingerprint density at radius 1 is 1.00 bits per heavy atom. The highest BCUT2D eigenvalue weighted by molar-refractivity contribution is 6.04. The molecule has 2 aromatic heterocycles. The molecule has 0 saturated carbocycles. The Morgan fingerprint density at radius 3 is 2.55 bits per heavy atom. The van der Waals surface area contributed by atoms with E-state index in [0.29, 0.717) is 28.4 Å². The Morgan fingerprint density at radius 2 is 1.81 bits per heavy atom. The summed E-state index contributed by atoms with van der Waals surface area (Å²) in [4.78, 5) is 28.4. The van der Waals surface area contributed by atoms with Crippen LogP contribution in [0, 0.1) is 0 Å². The van der Waals surface area contributed by atoms with Gasteiger partial charge in [-0.2, -0.15) is 5.10 Å². The molecular formula is C22H19N5O4. The molecule has 9 heteroatoms. The first-order valence-electron chi connectivity index (χ1n) is 9.28. The largest absolute Gasteiger partial charge is 0.493 e. The molecule has 2 amide bonds. The lowest BCUT2D eigenvalue weighted by atomic mass is 10.1. The molecule has 156 valence electrons. The zero-order valence-corrected chi connectivity index (χ0v) is 16.8. The van der Waals surface area contributed by atoms with Gasteiger partial charge in [-0.1, -0.05) is 6.07 Å². The van der Waals surface area contributed by atoms with Crippen LogP contribution in [-0.4, -0.2) is 40.6 Å². The molecule has 2 aromatic carbocycles. The summed E-state index contributed by atoms with van der Waals surface area (Å²) >= 11 is 0. The summed E-state index contributed by atoms with van der Waals surface area (Å²) in [5, 5.41) is 7.14. The van der Waals surface area contributed by atoms with Crippen molar-refractivity contribution in [3.8, 4) is 22.8 Å². The van der Waals surface area contributed by atoms with Gasteiger partial charge in [0.2, 0.25) is 5.91 Å². The molecule has 4 rings (SSSR count). The van der Waals surface area contributed by atoms with Crippen LogP contribution < -0.4 is 20.5 Å². The van der Waals surface area contributed by atoms with Gasteiger partial charge in [-0.25, -0.2) is 9.50 Å². The number of amides is 2. The molecule has 0 atom stereocenters. The van der Waals surface area contributed by atoms with Gasteiger partial charge in [0.15, 0.2) is 22.8 Å². The highest BCUT2D eigenvalue weighted by Crippen LogP contribution is 2.32. The fraction of sp³-hybridized carbons (Fsp3) is 0.0909. The Bertz CT molecular complexity index is 1300. The molecule has 3 N–H and O–H groups in total. The third kappa shape index (κ3) is 3.88. The zero-order chi connectivity index (χ0) is 22.0. The van der Waals surface area contributed by atoms with Crippen molar-refractivity contribution in [2.75, 3.05) is 19.5 Å². The molecule has 2 heterocycles. The number of fused-ring (bicyclic) bond motifs is 1. The van der Waals surface area contributed by atoms with E-state index >= 15 is 0 Å². The monoisotopic (exact) mass is 417 g/mol. The minimum absolute atomic E-state index is 0.171. The van der Waals surface area contributed by atoms with E-state index in [0.717, 1.165) is 11.3 Å². The Labute approximate surface area is 177 Å². The van der Waals surface area contributed by atoms with E-state index in [4.69, 9.17) is 15.2 Å². The number of carbonyl (C=O) groups is 2. The lowest BCUT2D eigenvalue weighted by molar-refractivity contribution is 0.0995. The quantitative estimate of drug-likeness (QED) is 0.498. The first-order valence-corrected chi connectivity index (χ1v) is 9.28. The highest BCUT2D eigenvalue weighted by Gasteiger charge is 2.16.